The van der Waals surface area contributed by atoms with Gasteiger partial charge in [-0.15, -0.1) is 0 Å². The summed E-state index contributed by atoms with van der Waals surface area (Å²) in [5.41, 5.74) is 3.80. The van der Waals surface area contributed by atoms with E-state index in [1.807, 2.05) is 58.0 Å². The number of aliphatic carboxylic acids is 1. The molecule has 0 saturated carbocycles. The van der Waals surface area contributed by atoms with E-state index in [1.165, 1.54) is 5.56 Å². The predicted molar refractivity (Wildman–Crippen MR) is 108 cm³/mol. The minimum absolute atomic E-state index is 0.0153. The lowest BCUT2D eigenvalue weighted by atomic mass is 10.1. The highest BCUT2D eigenvalue weighted by atomic mass is 35.5. The summed E-state index contributed by atoms with van der Waals surface area (Å²) in [6.07, 6.45) is 0.846. The van der Waals surface area contributed by atoms with E-state index in [-0.39, 0.29) is 24.9 Å². The standard InChI is InChI=1S/C21H27ClN2O3/c1-14(2)23(13-21(26)27)12-20(25)19-11-15(3)24(16(19)4)10-9-17-5-7-18(22)8-6-17/h5-8,11,14H,9-10,12-13H2,1-4H3,(H,26,27). The van der Waals surface area contributed by atoms with Crippen LogP contribution in [-0.4, -0.2) is 45.5 Å². The molecule has 0 unspecified atom stereocenters. The first-order valence-corrected chi connectivity index (χ1v) is 9.47. The summed E-state index contributed by atoms with van der Waals surface area (Å²) < 4.78 is 2.14. The third kappa shape index (κ3) is 5.68. The molecule has 0 bridgehead atoms. The molecule has 1 aromatic carbocycles. The van der Waals surface area contributed by atoms with Gasteiger partial charge < -0.3 is 9.67 Å². The Balaban J connectivity index is 2.12. The molecule has 146 valence electrons. The quantitative estimate of drug-likeness (QED) is 0.658. The zero-order valence-electron chi connectivity index (χ0n) is 16.3. The minimum atomic E-state index is -0.926. The first-order chi connectivity index (χ1) is 12.7. The molecule has 1 heterocycles. The molecule has 1 N–H and O–H groups in total. The number of carbonyl (C=O) groups is 2. The van der Waals surface area contributed by atoms with Crippen molar-refractivity contribution in [2.75, 3.05) is 13.1 Å². The van der Waals surface area contributed by atoms with Crippen molar-refractivity contribution in [3.8, 4) is 0 Å². The first-order valence-electron chi connectivity index (χ1n) is 9.09. The van der Waals surface area contributed by atoms with Crippen molar-refractivity contribution in [2.45, 2.75) is 46.7 Å². The Labute approximate surface area is 165 Å². The second-order valence-corrected chi connectivity index (χ2v) is 7.56. The van der Waals surface area contributed by atoms with Crippen LogP contribution in [0.3, 0.4) is 0 Å². The summed E-state index contributed by atoms with van der Waals surface area (Å²) >= 11 is 5.93. The van der Waals surface area contributed by atoms with Crippen LogP contribution in [0.25, 0.3) is 0 Å². The maximum atomic E-state index is 12.8. The molecule has 27 heavy (non-hydrogen) atoms. The van der Waals surface area contributed by atoms with Crippen LogP contribution in [0.1, 0.15) is 41.2 Å². The Bertz CT molecular complexity index is 810. The zero-order chi connectivity index (χ0) is 20.1. The number of Topliss-reactive ketones (excluding diaryl/α,β-unsaturated/α-hetero) is 1. The van der Waals surface area contributed by atoms with E-state index >= 15 is 0 Å². The molecule has 0 aliphatic carbocycles. The van der Waals surface area contributed by atoms with E-state index in [1.54, 1.807) is 4.90 Å². The summed E-state index contributed by atoms with van der Waals surface area (Å²) in [6.45, 7) is 8.46. The molecular weight excluding hydrogens is 364 g/mol. The van der Waals surface area contributed by atoms with Crippen molar-refractivity contribution in [1.29, 1.82) is 0 Å². The molecule has 0 saturated heterocycles. The number of aryl methyl sites for hydroxylation is 2. The van der Waals surface area contributed by atoms with E-state index in [4.69, 9.17) is 16.7 Å². The number of aromatic nitrogens is 1. The Kier molecular flexibility index (Phi) is 7.22. The van der Waals surface area contributed by atoms with Crippen LogP contribution in [0.4, 0.5) is 0 Å². The molecule has 0 fully saturated rings. The average Bonchev–Trinajstić information content (AvgIpc) is 2.87. The fraction of sp³-hybridized carbons (Fsp3) is 0.429. The summed E-state index contributed by atoms with van der Waals surface area (Å²) in [5, 5.41) is 9.77. The number of hydrogen-bond donors (Lipinski definition) is 1. The minimum Gasteiger partial charge on any atom is -0.480 e. The maximum Gasteiger partial charge on any atom is 0.317 e. The van der Waals surface area contributed by atoms with E-state index in [9.17, 15) is 9.59 Å². The van der Waals surface area contributed by atoms with Gasteiger partial charge in [0.2, 0.25) is 0 Å². The van der Waals surface area contributed by atoms with E-state index in [0.717, 1.165) is 29.4 Å². The number of nitrogens with zero attached hydrogens (tertiary/aromatic N) is 2. The maximum absolute atomic E-state index is 12.8. The molecule has 2 rings (SSSR count). The van der Waals surface area contributed by atoms with Gasteiger partial charge in [0.05, 0.1) is 13.1 Å². The van der Waals surface area contributed by atoms with Crippen molar-refractivity contribution in [1.82, 2.24) is 9.47 Å². The number of carboxylic acid groups (broad SMARTS) is 1. The van der Waals surface area contributed by atoms with Crippen LogP contribution in [0.2, 0.25) is 5.02 Å². The molecule has 2 aromatic rings. The molecule has 5 nitrogen and oxygen atoms in total. The molecule has 6 heteroatoms. The summed E-state index contributed by atoms with van der Waals surface area (Å²) in [6, 6.07) is 9.66. The number of hydrogen-bond acceptors (Lipinski definition) is 3. The molecule has 1 aromatic heterocycles. The normalized spacial score (nSPS) is 11.4. The molecule has 0 spiro atoms. The van der Waals surface area contributed by atoms with Gasteiger partial charge >= 0.3 is 5.97 Å². The van der Waals surface area contributed by atoms with Crippen molar-refractivity contribution >= 4 is 23.4 Å². The topological polar surface area (TPSA) is 62.5 Å². The number of rotatable bonds is 9. The SMILES string of the molecule is Cc1cc(C(=O)CN(CC(=O)O)C(C)C)c(C)n1CCc1ccc(Cl)cc1. The van der Waals surface area contributed by atoms with Gasteiger partial charge in [-0.3, -0.25) is 14.5 Å². The second kappa shape index (κ2) is 9.20. The fourth-order valence-electron chi connectivity index (χ4n) is 3.18. The largest absolute Gasteiger partial charge is 0.480 e. The smallest absolute Gasteiger partial charge is 0.317 e. The van der Waals surface area contributed by atoms with E-state index in [0.29, 0.717) is 5.56 Å². The van der Waals surface area contributed by atoms with Crippen LogP contribution >= 0.6 is 11.6 Å². The van der Waals surface area contributed by atoms with Gasteiger partial charge in [-0.05, 0) is 57.9 Å². The monoisotopic (exact) mass is 390 g/mol. The van der Waals surface area contributed by atoms with Gasteiger partial charge in [0.1, 0.15) is 0 Å². The fourth-order valence-corrected chi connectivity index (χ4v) is 3.31. The van der Waals surface area contributed by atoms with Crippen molar-refractivity contribution < 1.29 is 14.7 Å². The third-order valence-electron chi connectivity index (χ3n) is 4.83. The molecular formula is C21H27ClN2O3. The zero-order valence-corrected chi connectivity index (χ0v) is 17.1. The number of ketones is 1. The number of halogens is 1. The van der Waals surface area contributed by atoms with Crippen LogP contribution in [0.5, 0.6) is 0 Å². The molecule has 0 radical (unpaired) electrons. The highest BCUT2D eigenvalue weighted by molar-refractivity contribution is 6.30. The molecule has 0 atom stereocenters. The summed E-state index contributed by atoms with van der Waals surface area (Å²) in [7, 11) is 0. The van der Waals surface area contributed by atoms with Crippen LogP contribution in [-0.2, 0) is 17.8 Å². The molecule has 0 amide bonds. The lowest BCUT2D eigenvalue weighted by Gasteiger charge is -2.23. The van der Waals surface area contributed by atoms with Crippen LogP contribution in [0, 0.1) is 13.8 Å². The van der Waals surface area contributed by atoms with Gasteiger partial charge in [-0.1, -0.05) is 23.7 Å². The van der Waals surface area contributed by atoms with Gasteiger partial charge in [0.25, 0.3) is 0 Å². The van der Waals surface area contributed by atoms with Crippen molar-refractivity contribution in [3.63, 3.8) is 0 Å². The van der Waals surface area contributed by atoms with E-state index < -0.39 is 5.97 Å². The van der Waals surface area contributed by atoms with Gasteiger partial charge in [-0.2, -0.15) is 0 Å². The predicted octanol–water partition coefficient (Wildman–Crippen LogP) is 3.98. The van der Waals surface area contributed by atoms with Crippen LogP contribution in [0.15, 0.2) is 30.3 Å². The average molecular weight is 391 g/mol. The molecule has 0 aliphatic rings. The third-order valence-corrected chi connectivity index (χ3v) is 5.08. The first kappa shape index (κ1) is 21.2. The highest BCUT2D eigenvalue weighted by Crippen LogP contribution is 2.18. The summed E-state index contributed by atoms with van der Waals surface area (Å²) in [5.74, 6) is -0.972. The Morgan fingerprint density at radius 3 is 2.33 bits per heavy atom. The van der Waals surface area contributed by atoms with Crippen LogP contribution < -0.4 is 0 Å². The van der Waals surface area contributed by atoms with Gasteiger partial charge in [0, 0.05) is 34.6 Å². The number of benzene rings is 1. The number of carboxylic acids is 1. The Morgan fingerprint density at radius 2 is 1.78 bits per heavy atom. The van der Waals surface area contributed by atoms with Gasteiger partial charge in [0.15, 0.2) is 5.78 Å². The molecule has 0 aliphatic heterocycles. The van der Waals surface area contributed by atoms with Crippen molar-refractivity contribution in [3.05, 3.63) is 57.9 Å². The van der Waals surface area contributed by atoms with Crippen molar-refractivity contribution in [2.24, 2.45) is 0 Å². The Morgan fingerprint density at radius 1 is 1.15 bits per heavy atom. The number of carbonyl (C=O) groups excluding carboxylic acids is 1. The van der Waals surface area contributed by atoms with E-state index in [2.05, 4.69) is 4.57 Å². The lowest BCUT2D eigenvalue weighted by Crippen LogP contribution is -2.39. The Hall–Kier alpha value is -2.11. The van der Waals surface area contributed by atoms with Gasteiger partial charge in [-0.25, -0.2) is 0 Å². The highest BCUT2D eigenvalue weighted by Gasteiger charge is 2.21. The second-order valence-electron chi connectivity index (χ2n) is 7.13. The summed E-state index contributed by atoms with van der Waals surface area (Å²) in [4.78, 5) is 25.5. The lowest BCUT2D eigenvalue weighted by molar-refractivity contribution is -0.138.